The normalized spacial score (nSPS) is 12.8. The first kappa shape index (κ1) is 23.4. The summed E-state index contributed by atoms with van der Waals surface area (Å²) in [7, 11) is -4.29. The van der Waals surface area contributed by atoms with Gasteiger partial charge in [0.05, 0.1) is 23.2 Å². The molecule has 14 heteroatoms. The van der Waals surface area contributed by atoms with Gasteiger partial charge in [0.15, 0.2) is 0 Å². The average Bonchev–Trinajstić information content (AvgIpc) is 2.60. The number of nitrogens with zero attached hydrogens (tertiary/aromatic N) is 2. The molecular formula is C14H15Cl2N5O6S. The van der Waals surface area contributed by atoms with E-state index in [0.29, 0.717) is 16.5 Å². The first-order chi connectivity index (χ1) is 12.6. The van der Waals surface area contributed by atoms with E-state index < -0.39 is 34.4 Å². The highest BCUT2D eigenvalue weighted by atomic mass is 35.5. The predicted molar refractivity (Wildman–Crippen MR) is 104 cm³/mol. The smallest absolute Gasteiger partial charge is 0.322 e. The third kappa shape index (κ3) is 5.66. The molecule has 2 aromatic rings. The van der Waals surface area contributed by atoms with E-state index in [9.17, 15) is 18.0 Å². The van der Waals surface area contributed by atoms with Crippen molar-refractivity contribution in [3.05, 3.63) is 30.6 Å². The summed E-state index contributed by atoms with van der Waals surface area (Å²) in [6.45, 7) is 0. The summed E-state index contributed by atoms with van der Waals surface area (Å²) >= 11 is 5.25. The third-order valence-corrected chi connectivity index (χ3v) is 5.02. The van der Waals surface area contributed by atoms with Crippen LogP contribution in [-0.4, -0.2) is 47.6 Å². The lowest BCUT2D eigenvalue weighted by Gasteiger charge is -2.14. The maximum Gasteiger partial charge on any atom is 0.322 e. The minimum absolute atomic E-state index is 0. The number of fused-ring (bicyclic) bond motifs is 1. The summed E-state index contributed by atoms with van der Waals surface area (Å²) in [5.41, 5.74) is 5.90. The molecule has 0 saturated carbocycles. The van der Waals surface area contributed by atoms with Crippen LogP contribution in [0.2, 0.25) is 0 Å². The van der Waals surface area contributed by atoms with E-state index in [1.54, 1.807) is 0 Å². The largest absolute Gasteiger partial charge is 0.481 e. The van der Waals surface area contributed by atoms with Gasteiger partial charge >= 0.3 is 11.9 Å². The van der Waals surface area contributed by atoms with Gasteiger partial charge in [0.2, 0.25) is 16.0 Å². The molecule has 2 rings (SSSR count). The molecule has 152 valence electrons. The number of guanidine groups is 1. The Bertz CT molecular complexity index is 1030. The number of aromatic nitrogens is 1. The molecule has 28 heavy (non-hydrogen) atoms. The van der Waals surface area contributed by atoms with Crippen LogP contribution < -0.4 is 15.8 Å². The van der Waals surface area contributed by atoms with E-state index in [-0.39, 0.29) is 23.3 Å². The Labute approximate surface area is 170 Å². The molecule has 1 aromatic carbocycles. The molecule has 0 aliphatic carbocycles. The van der Waals surface area contributed by atoms with Crippen LogP contribution >= 0.6 is 24.2 Å². The van der Waals surface area contributed by atoms with E-state index >= 15 is 0 Å². The summed E-state index contributed by atoms with van der Waals surface area (Å²) in [6.07, 6.45) is 1.91. The van der Waals surface area contributed by atoms with Crippen molar-refractivity contribution < 1.29 is 28.2 Å². The molecule has 1 aromatic heterocycles. The second-order valence-corrected chi connectivity index (χ2v) is 7.16. The number of sulfonamides is 1. The summed E-state index contributed by atoms with van der Waals surface area (Å²) in [5, 5.41) is 21.4. The zero-order valence-electron chi connectivity index (χ0n) is 13.9. The van der Waals surface area contributed by atoms with E-state index in [2.05, 4.69) is 14.8 Å². The van der Waals surface area contributed by atoms with Crippen LogP contribution in [0.25, 0.3) is 10.8 Å². The van der Waals surface area contributed by atoms with Crippen LogP contribution in [0.1, 0.15) is 6.42 Å². The number of pyridine rings is 1. The number of halogens is 2. The van der Waals surface area contributed by atoms with Gasteiger partial charge in [-0.05, 0) is 12.1 Å². The number of aliphatic carboxylic acids is 2. The van der Waals surface area contributed by atoms with Gasteiger partial charge in [-0.15, -0.1) is 16.9 Å². The van der Waals surface area contributed by atoms with Crippen LogP contribution in [0.5, 0.6) is 0 Å². The van der Waals surface area contributed by atoms with Crippen LogP contribution in [0.4, 0.5) is 5.69 Å². The van der Waals surface area contributed by atoms with Crippen molar-refractivity contribution in [3.8, 4) is 0 Å². The maximum absolute atomic E-state index is 12.4. The molecule has 0 saturated heterocycles. The van der Waals surface area contributed by atoms with E-state index in [0.717, 1.165) is 0 Å². The van der Waals surface area contributed by atoms with Gasteiger partial charge in [-0.25, -0.2) is 8.42 Å². The number of carbonyl (C=O) groups is 2. The van der Waals surface area contributed by atoms with Crippen molar-refractivity contribution in [2.45, 2.75) is 17.4 Å². The second-order valence-electron chi connectivity index (χ2n) is 5.27. The van der Waals surface area contributed by atoms with Crippen molar-refractivity contribution in [2.24, 2.45) is 10.2 Å². The number of benzene rings is 1. The number of rotatable bonds is 7. The van der Waals surface area contributed by atoms with Gasteiger partial charge in [-0.3, -0.25) is 14.6 Å². The number of nitrogens with one attached hydrogen (secondary N) is 2. The minimum atomic E-state index is -4.29. The van der Waals surface area contributed by atoms with Crippen molar-refractivity contribution in [2.75, 3.05) is 5.32 Å². The molecule has 1 heterocycles. The zero-order valence-corrected chi connectivity index (χ0v) is 16.3. The summed E-state index contributed by atoms with van der Waals surface area (Å²) in [6, 6.07) is 2.12. The quantitative estimate of drug-likeness (QED) is 0.299. The van der Waals surface area contributed by atoms with Gasteiger partial charge < -0.3 is 21.3 Å². The molecule has 11 nitrogen and oxygen atoms in total. The Hall–Kier alpha value is -2.67. The molecule has 0 fully saturated rings. The van der Waals surface area contributed by atoms with E-state index in [1.165, 1.54) is 30.6 Å². The lowest BCUT2D eigenvalue weighted by atomic mass is 10.1. The zero-order chi connectivity index (χ0) is 20.2. The predicted octanol–water partition coefficient (Wildman–Crippen LogP) is 0.743. The van der Waals surface area contributed by atoms with Gasteiger partial charge in [0, 0.05) is 28.7 Å². The minimum Gasteiger partial charge on any atom is -0.481 e. The highest BCUT2D eigenvalue weighted by Crippen LogP contribution is 2.25. The van der Waals surface area contributed by atoms with Gasteiger partial charge in [-0.1, -0.05) is 6.07 Å². The van der Waals surface area contributed by atoms with Crippen molar-refractivity contribution >= 4 is 68.6 Å². The first-order valence-corrected chi connectivity index (χ1v) is 9.02. The molecule has 1 atom stereocenters. The fourth-order valence-electron chi connectivity index (χ4n) is 2.19. The third-order valence-electron chi connectivity index (χ3n) is 3.37. The molecule has 0 amide bonds. The Kier molecular flexibility index (Phi) is 7.93. The first-order valence-electron chi connectivity index (χ1n) is 7.20. The Morgan fingerprint density at radius 3 is 2.54 bits per heavy atom. The highest BCUT2D eigenvalue weighted by Gasteiger charge is 2.27. The SMILES string of the molecule is Cl.NC(=NCl)Nc1cncc2cc(S(=O)(=O)N[C@H](CC(=O)O)C(=O)O)ccc12. The number of nitrogens with two attached hydrogens (primary N) is 1. The molecule has 0 spiro atoms. The molecule has 0 radical (unpaired) electrons. The number of hydrogen-bond donors (Lipinski definition) is 5. The highest BCUT2D eigenvalue weighted by molar-refractivity contribution is 7.89. The second kappa shape index (κ2) is 9.50. The molecular weight excluding hydrogens is 437 g/mol. The van der Waals surface area contributed by atoms with Crippen molar-refractivity contribution in [1.82, 2.24) is 9.71 Å². The van der Waals surface area contributed by atoms with Crippen LogP contribution in [0.3, 0.4) is 0 Å². The van der Waals surface area contributed by atoms with E-state index in [1.807, 2.05) is 4.72 Å². The van der Waals surface area contributed by atoms with E-state index in [4.69, 9.17) is 27.7 Å². The average molecular weight is 452 g/mol. The van der Waals surface area contributed by atoms with Crippen LogP contribution in [0, 0.1) is 0 Å². The monoisotopic (exact) mass is 451 g/mol. The molecule has 0 unspecified atom stereocenters. The summed E-state index contributed by atoms with van der Waals surface area (Å²) in [5.74, 6) is -3.16. The molecule has 6 N–H and O–H groups in total. The number of carboxylic acids is 2. The van der Waals surface area contributed by atoms with Gasteiger partial charge in [0.25, 0.3) is 0 Å². The fourth-order valence-corrected chi connectivity index (χ4v) is 3.46. The topological polar surface area (TPSA) is 184 Å². The number of carboxylic acid groups (broad SMARTS) is 2. The Morgan fingerprint density at radius 2 is 1.96 bits per heavy atom. The Balaban J connectivity index is 0.00000392. The van der Waals surface area contributed by atoms with Crippen LogP contribution in [0.15, 0.2) is 40.0 Å². The van der Waals surface area contributed by atoms with Gasteiger partial charge in [0.1, 0.15) is 6.04 Å². The molecule has 0 aliphatic heterocycles. The standard InChI is InChI=1S/C14H14ClN5O6S.ClH/c15-19-14(16)18-11-6-17-5-7-3-8(1-2-9(7)11)27(25,26)20-10(13(23)24)4-12(21)22;/h1-3,5-6,10,20H,4H2,(H,21,22)(H,23,24)(H3,16,18,19);1H/t10-;/m1./s1. The maximum atomic E-state index is 12.4. The molecule has 0 aliphatic rings. The fraction of sp³-hybridized carbons (Fsp3) is 0.143. The summed E-state index contributed by atoms with van der Waals surface area (Å²) in [4.78, 5) is 25.5. The number of anilines is 1. The Morgan fingerprint density at radius 1 is 1.29 bits per heavy atom. The summed E-state index contributed by atoms with van der Waals surface area (Å²) < 4.78 is 29.9. The van der Waals surface area contributed by atoms with Crippen molar-refractivity contribution in [1.29, 1.82) is 0 Å². The number of hydrogen-bond acceptors (Lipinski definition) is 6. The van der Waals surface area contributed by atoms with Crippen LogP contribution in [-0.2, 0) is 19.6 Å². The lowest BCUT2D eigenvalue weighted by Crippen LogP contribution is -2.42. The van der Waals surface area contributed by atoms with Crippen molar-refractivity contribution in [3.63, 3.8) is 0 Å². The van der Waals surface area contributed by atoms with Gasteiger partial charge in [-0.2, -0.15) is 4.72 Å². The lowest BCUT2D eigenvalue weighted by molar-refractivity contribution is -0.145. The molecule has 0 bridgehead atoms.